The first-order chi connectivity index (χ1) is 36.0. The summed E-state index contributed by atoms with van der Waals surface area (Å²) in [4.78, 5) is 23.3. The van der Waals surface area contributed by atoms with Crippen molar-refractivity contribution in [3.63, 3.8) is 0 Å². The number of amides is 1. The topological polar surface area (TPSA) is 105 Å². The fourth-order valence-corrected chi connectivity index (χ4v) is 11.4. The minimum Gasteiger partial charge on any atom is -0.391 e. The number of unbranched alkanes of at least 4 members (excludes halogenated alkanes) is 50. The molecule has 0 bridgehead atoms. The van der Waals surface area contributed by atoms with Gasteiger partial charge < -0.3 is 19.8 Å². The predicted molar refractivity (Wildman–Crippen MR) is 323 cm³/mol. The largest absolute Gasteiger partial charge is 0.472 e. The average molecular weight is 1070 g/mol. The minimum absolute atomic E-state index is 0.0788. The number of rotatable bonds is 63. The molecule has 0 aromatic heterocycles. The van der Waals surface area contributed by atoms with Gasteiger partial charge in [0.2, 0.25) is 5.91 Å². The Morgan fingerprint density at radius 3 is 0.905 bits per heavy atom. The lowest BCUT2D eigenvalue weighted by Gasteiger charge is -2.26. The van der Waals surface area contributed by atoms with Crippen LogP contribution in [0.4, 0.5) is 0 Å². The van der Waals surface area contributed by atoms with Crippen molar-refractivity contribution in [2.24, 2.45) is 0 Å². The van der Waals surface area contributed by atoms with Crippen LogP contribution in [0, 0.1) is 0 Å². The molecule has 74 heavy (non-hydrogen) atoms. The van der Waals surface area contributed by atoms with Gasteiger partial charge in [0.25, 0.3) is 0 Å². The summed E-state index contributed by atoms with van der Waals surface area (Å²) in [6, 6.07) is -0.754. The maximum Gasteiger partial charge on any atom is 0.472 e. The molecule has 0 aliphatic carbocycles. The Balaban J connectivity index is 3.72. The molecule has 1 amide bonds. The van der Waals surface area contributed by atoms with Crippen LogP contribution in [0.5, 0.6) is 0 Å². The van der Waals surface area contributed by atoms with E-state index in [4.69, 9.17) is 9.05 Å². The number of quaternary nitrogens is 1. The molecule has 9 heteroatoms. The van der Waals surface area contributed by atoms with E-state index in [-0.39, 0.29) is 19.1 Å². The van der Waals surface area contributed by atoms with Gasteiger partial charge in [0.1, 0.15) is 13.2 Å². The van der Waals surface area contributed by atoms with Crippen molar-refractivity contribution in [2.45, 2.75) is 373 Å². The molecule has 3 N–H and O–H groups in total. The lowest BCUT2D eigenvalue weighted by Crippen LogP contribution is -2.46. The number of nitrogens with zero attached hydrogens (tertiary/aromatic N) is 1. The maximum atomic E-state index is 13.0. The molecule has 3 unspecified atom stereocenters. The summed E-state index contributed by atoms with van der Waals surface area (Å²) in [7, 11) is 1.64. The SMILES string of the molecule is CCCCCCCCCCCCCCCCCCCCCCCCCCCCCCCCCCCCCCCCCCCC(=O)NC(COP(=O)(O)OCC[N+](C)(C)C)C(O)CCCCCCCCCCCCC. The fraction of sp³-hybridized carbons (Fsp3) is 0.985. The van der Waals surface area contributed by atoms with E-state index in [0.717, 1.165) is 38.5 Å². The quantitative estimate of drug-likeness (QED) is 0.0318. The average Bonchev–Trinajstić information content (AvgIpc) is 3.36. The summed E-state index contributed by atoms with van der Waals surface area (Å²) in [5.41, 5.74) is 0. The molecule has 3 atom stereocenters. The zero-order chi connectivity index (χ0) is 54.2. The fourth-order valence-electron chi connectivity index (χ4n) is 10.6. The second-order valence-corrected chi connectivity index (χ2v) is 26.0. The van der Waals surface area contributed by atoms with E-state index in [0.29, 0.717) is 23.9 Å². The van der Waals surface area contributed by atoms with Crippen molar-refractivity contribution in [1.29, 1.82) is 0 Å². The molecule has 0 rings (SSSR count). The summed E-state index contributed by atoms with van der Waals surface area (Å²) in [6.45, 7) is 4.93. The van der Waals surface area contributed by atoms with Crippen LogP contribution in [-0.4, -0.2) is 73.4 Å². The minimum atomic E-state index is -4.31. The highest BCUT2D eigenvalue weighted by atomic mass is 31.2. The molecule has 0 spiro atoms. The monoisotopic (exact) mass is 1070 g/mol. The maximum absolute atomic E-state index is 13.0. The number of phosphoric ester groups is 1. The molecular formula is C65H134N2O6P+. The van der Waals surface area contributed by atoms with E-state index in [2.05, 4.69) is 19.2 Å². The van der Waals surface area contributed by atoms with E-state index in [9.17, 15) is 19.4 Å². The highest BCUT2D eigenvalue weighted by Crippen LogP contribution is 2.43. The molecule has 0 saturated heterocycles. The number of carbonyl (C=O) groups excluding carboxylic acids is 1. The van der Waals surface area contributed by atoms with Gasteiger partial charge in [-0.1, -0.05) is 341 Å². The zero-order valence-electron chi connectivity index (χ0n) is 50.9. The molecule has 0 aliphatic heterocycles. The number of likely N-dealkylation sites (N-methyl/N-ethyl adjacent to an activating group) is 1. The van der Waals surface area contributed by atoms with Crippen LogP contribution in [0.1, 0.15) is 361 Å². The van der Waals surface area contributed by atoms with Crippen LogP contribution in [0.15, 0.2) is 0 Å². The first-order valence-corrected chi connectivity index (χ1v) is 34.9. The van der Waals surface area contributed by atoms with Gasteiger partial charge in [0.05, 0.1) is 39.9 Å². The third-order valence-corrected chi connectivity index (χ3v) is 16.8. The Morgan fingerprint density at radius 2 is 0.649 bits per heavy atom. The molecule has 0 aromatic carbocycles. The Morgan fingerprint density at radius 1 is 0.405 bits per heavy atom. The third-order valence-electron chi connectivity index (χ3n) is 15.9. The molecule has 8 nitrogen and oxygen atoms in total. The van der Waals surface area contributed by atoms with Crippen molar-refractivity contribution in [2.75, 3.05) is 40.9 Å². The van der Waals surface area contributed by atoms with E-state index < -0.39 is 20.0 Å². The van der Waals surface area contributed by atoms with Crippen LogP contribution in [0.25, 0.3) is 0 Å². The normalized spacial score (nSPS) is 13.7. The number of aliphatic hydroxyl groups is 1. The number of phosphoric acid groups is 1. The van der Waals surface area contributed by atoms with Gasteiger partial charge in [-0.05, 0) is 12.8 Å². The molecule has 0 aromatic rings. The van der Waals surface area contributed by atoms with Crippen LogP contribution in [0.2, 0.25) is 0 Å². The first kappa shape index (κ1) is 73.5. The van der Waals surface area contributed by atoms with Gasteiger partial charge in [0.15, 0.2) is 0 Å². The number of hydrogen-bond donors (Lipinski definition) is 3. The van der Waals surface area contributed by atoms with E-state index in [1.54, 1.807) is 0 Å². The lowest BCUT2D eigenvalue weighted by atomic mass is 10.0. The van der Waals surface area contributed by atoms with Crippen LogP contribution in [0.3, 0.4) is 0 Å². The molecule has 0 saturated carbocycles. The van der Waals surface area contributed by atoms with Gasteiger partial charge in [-0.3, -0.25) is 13.8 Å². The number of aliphatic hydroxyl groups excluding tert-OH is 1. The van der Waals surface area contributed by atoms with Gasteiger partial charge >= 0.3 is 7.82 Å². The van der Waals surface area contributed by atoms with Crippen molar-refractivity contribution in [3.8, 4) is 0 Å². The number of hydrogen-bond acceptors (Lipinski definition) is 5. The summed E-state index contributed by atoms with van der Waals surface area (Å²) < 4.78 is 23.7. The van der Waals surface area contributed by atoms with E-state index >= 15 is 0 Å². The second kappa shape index (κ2) is 57.2. The summed E-state index contributed by atoms with van der Waals surface area (Å²) in [5, 5.41) is 14.0. The molecule has 444 valence electrons. The van der Waals surface area contributed by atoms with Crippen molar-refractivity contribution in [3.05, 3.63) is 0 Å². The Hall–Kier alpha value is -0.500. The van der Waals surface area contributed by atoms with E-state index in [1.165, 1.54) is 295 Å². The van der Waals surface area contributed by atoms with E-state index in [1.807, 2.05) is 21.1 Å². The van der Waals surface area contributed by atoms with Crippen LogP contribution in [-0.2, 0) is 18.4 Å². The molecule has 0 aliphatic rings. The number of nitrogens with one attached hydrogen (secondary N) is 1. The van der Waals surface area contributed by atoms with Crippen molar-refractivity contribution in [1.82, 2.24) is 5.32 Å². The predicted octanol–water partition coefficient (Wildman–Crippen LogP) is 20.8. The molecule has 0 fully saturated rings. The standard InChI is InChI=1S/C65H133N2O6P/c1-6-8-10-12-14-16-18-19-20-21-22-23-24-25-26-27-28-29-30-31-32-33-34-35-36-37-38-39-40-41-42-43-44-45-46-47-49-51-53-55-57-59-65(69)66-63(62-73-74(70,71)72-61-60-67(3,4)5)64(68)58-56-54-52-50-48-17-15-13-11-9-7-2/h63-64,68H,6-62H2,1-5H3,(H-,66,69,70,71)/p+1. The van der Waals surface area contributed by atoms with Crippen LogP contribution < -0.4 is 5.32 Å². The summed E-state index contributed by atoms with van der Waals surface area (Å²) in [5.74, 6) is -0.137. The van der Waals surface area contributed by atoms with Crippen molar-refractivity contribution >= 4 is 13.7 Å². The molecule has 0 heterocycles. The Labute approximate surface area is 463 Å². The van der Waals surface area contributed by atoms with Crippen molar-refractivity contribution < 1.29 is 32.9 Å². The Bertz CT molecular complexity index is 1170. The van der Waals surface area contributed by atoms with Gasteiger partial charge in [0, 0.05) is 6.42 Å². The van der Waals surface area contributed by atoms with Gasteiger partial charge in [-0.15, -0.1) is 0 Å². The highest BCUT2D eigenvalue weighted by molar-refractivity contribution is 7.47. The molecule has 0 radical (unpaired) electrons. The molecular weight excluding hydrogens is 936 g/mol. The third kappa shape index (κ3) is 59.2. The first-order valence-electron chi connectivity index (χ1n) is 33.4. The Kier molecular flexibility index (Phi) is 56.8. The van der Waals surface area contributed by atoms with Gasteiger partial charge in [-0.2, -0.15) is 0 Å². The zero-order valence-corrected chi connectivity index (χ0v) is 51.8. The second-order valence-electron chi connectivity index (χ2n) is 24.6. The summed E-state index contributed by atoms with van der Waals surface area (Å²) >= 11 is 0. The van der Waals surface area contributed by atoms with Crippen LogP contribution >= 0.6 is 7.82 Å². The summed E-state index contributed by atoms with van der Waals surface area (Å²) in [6.07, 6.45) is 70.9. The lowest BCUT2D eigenvalue weighted by molar-refractivity contribution is -0.870. The highest BCUT2D eigenvalue weighted by Gasteiger charge is 2.28. The van der Waals surface area contributed by atoms with Gasteiger partial charge in [-0.25, -0.2) is 4.57 Å². The smallest absolute Gasteiger partial charge is 0.391 e. The number of carbonyl (C=O) groups is 1.